The molecule has 0 aliphatic rings. The Morgan fingerprint density at radius 3 is 2.25 bits per heavy atom. The van der Waals surface area contributed by atoms with Gasteiger partial charge in [-0.3, -0.25) is 9.36 Å². The van der Waals surface area contributed by atoms with Crippen LogP contribution in [0.15, 0.2) is 71.9 Å². The largest absolute Gasteiger partial charge is 0.325 e. The molecule has 4 aromatic rings. The first-order chi connectivity index (χ1) is 15.4. The average molecular weight is 524 g/mol. The van der Waals surface area contributed by atoms with E-state index in [1.807, 2.05) is 34.9 Å². The third-order valence-electron chi connectivity index (χ3n) is 4.31. The second-order valence-corrected chi connectivity index (χ2v) is 9.25. The zero-order chi connectivity index (χ0) is 22.7. The van der Waals surface area contributed by atoms with Crippen molar-refractivity contribution >= 4 is 69.8 Å². The lowest BCUT2D eigenvalue weighted by Gasteiger charge is -2.11. The molecule has 4 rings (SSSR count). The maximum Gasteiger partial charge on any atom is 0.234 e. The zero-order valence-electron chi connectivity index (χ0n) is 16.2. The summed E-state index contributed by atoms with van der Waals surface area (Å²) in [6.45, 7) is 0. The van der Waals surface area contributed by atoms with Crippen LogP contribution in [0.4, 0.5) is 5.69 Å². The first-order valence-corrected chi connectivity index (χ1v) is 11.8. The SMILES string of the molecule is O=C(CSc1nnc(-c2ccccc2Cl)n1-c1ccc(Cl)cc1)Nc1cc(Cl)cc(Cl)c1. The van der Waals surface area contributed by atoms with Gasteiger partial charge in [0, 0.05) is 32.0 Å². The molecule has 162 valence electrons. The molecule has 1 amide bonds. The van der Waals surface area contributed by atoms with Crippen molar-refractivity contribution in [2.75, 3.05) is 11.1 Å². The molecule has 32 heavy (non-hydrogen) atoms. The van der Waals surface area contributed by atoms with Crippen molar-refractivity contribution in [1.29, 1.82) is 0 Å². The highest BCUT2D eigenvalue weighted by Crippen LogP contribution is 2.32. The fourth-order valence-corrected chi connectivity index (χ4v) is 4.58. The van der Waals surface area contributed by atoms with Gasteiger partial charge in [0.05, 0.1) is 10.8 Å². The summed E-state index contributed by atoms with van der Waals surface area (Å²) in [6, 6.07) is 19.5. The van der Waals surface area contributed by atoms with Crippen LogP contribution in [0.25, 0.3) is 17.1 Å². The van der Waals surface area contributed by atoms with Crippen LogP contribution in [-0.4, -0.2) is 26.4 Å². The summed E-state index contributed by atoms with van der Waals surface area (Å²) in [5.41, 5.74) is 2.03. The highest BCUT2D eigenvalue weighted by atomic mass is 35.5. The fourth-order valence-electron chi connectivity index (χ4n) is 2.96. The molecular weight excluding hydrogens is 510 g/mol. The first kappa shape index (κ1) is 23.0. The maximum absolute atomic E-state index is 12.5. The number of carbonyl (C=O) groups excluding carboxylic acids is 1. The topological polar surface area (TPSA) is 59.8 Å². The molecule has 0 aliphatic heterocycles. The van der Waals surface area contributed by atoms with Gasteiger partial charge < -0.3 is 5.32 Å². The summed E-state index contributed by atoms with van der Waals surface area (Å²) in [5, 5.41) is 14.0. The Morgan fingerprint density at radius 2 is 1.56 bits per heavy atom. The summed E-state index contributed by atoms with van der Waals surface area (Å²) in [6.07, 6.45) is 0. The van der Waals surface area contributed by atoms with Gasteiger partial charge in [0.15, 0.2) is 11.0 Å². The predicted molar refractivity (Wildman–Crippen MR) is 133 cm³/mol. The Kier molecular flexibility index (Phi) is 7.28. The number of anilines is 1. The van der Waals surface area contributed by atoms with E-state index in [-0.39, 0.29) is 11.7 Å². The number of halogens is 4. The normalized spacial score (nSPS) is 10.9. The Morgan fingerprint density at radius 1 is 0.875 bits per heavy atom. The molecule has 0 saturated heterocycles. The molecule has 10 heteroatoms. The van der Waals surface area contributed by atoms with Gasteiger partial charge in [0.1, 0.15) is 0 Å². The van der Waals surface area contributed by atoms with Gasteiger partial charge >= 0.3 is 0 Å². The van der Waals surface area contributed by atoms with E-state index in [9.17, 15) is 4.79 Å². The summed E-state index contributed by atoms with van der Waals surface area (Å²) in [5.74, 6) is 0.416. The van der Waals surface area contributed by atoms with E-state index >= 15 is 0 Å². The van der Waals surface area contributed by atoms with Crippen LogP contribution in [0.5, 0.6) is 0 Å². The number of nitrogens with zero attached hydrogens (tertiary/aromatic N) is 3. The fraction of sp³-hybridized carbons (Fsp3) is 0.0455. The Balaban J connectivity index is 1.61. The average Bonchev–Trinajstić information content (AvgIpc) is 3.16. The minimum atomic E-state index is -0.238. The van der Waals surface area contributed by atoms with Crippen LogP contribution >= 0.6 is 58.2 Å². The maximum atomic E-state index is 12.5. The molecule has 0 unspecified atom stereocenters. The van der Waals surface area contributed by atoms with Gasteiger partial charge in [-0.2, -0.15) is 0 Å². The van der Waals surface area contributed by atoms with E-state index in [1.54, 1.807) is 36.4 Å². The predicted octanol–water partition coefficient (Wildman–Crippen LogP) is 7.28. The van der Waals surface area contributed by atoms with Gasteiger partial charge in [0.2, 0.25) is 5.91 Å². The number of hydrogen-bond acceptors (Lipinski definition) is 4. The summed E-state index contributed by atoms with van der Waals surface area (Å²) in [7, 11) is 0. The highest BCUT2D eigenvalue weighted by Gasteiger charge is 2.19. The Hall–Kier alpha value is -2.22. The van der Waals surface area contributed by atoms with Gasteiger partial charge in [-0.05, 0) is 54.6 Å². The van der Waals surface area contributed by atoms with Crippen molar-refractivity contribution in [2.24, 2.45) is 0 Å². The number of benzene rings is 3. The Labute approximate surface area is 208 Å². The van der Waals surface area contributed by atoms with Crippen molar-refractivity contribution in [2.45, 2.75) is 5.16 Å². The Bertz CT molecular complexity index is 1260. The van der Waals surface area contributed by atoms with Crippen LogP contribution in [0, 0.1) is 0 Å². The third-order valence-corrected chi connectivity index (χ3v) is 6.26. The molecule has 0 spiro atoms. The van der Waals surface area contributed by atoms with E-state index < -0.39 is 0 Å². The van der Waals surface area contributed by atoms with E-state index in [4.69, 9.17) is 46.4 Å². The lowest BCUT2D eigenvalue weighted by Crippen LogP contribution is -2.14. The minimum absolute atomic E-state index is 0.0956. The second-order valence-electron chi connectivity index (χ2n) is 6.59. The molecule has 1 heterocycles. The monoisotopic (exact) mass is 522 g/mol. The lowest BCUT2D eigenvalue weighted by molar-refractivity contribution is -0.113. The van der Waals surface area contributed by atoms with Gasteiger partial charge in [0.25, 0.3) is 0 Å². The summed E-state index contributed by atoms with van der Waals surface area (Å²) >= 11 is 25.7. The van der Waals surface area contributed by atoms with Crippen LogP contribution < -0.4 is 5.32 Å². The summed E-state index contributed by atoms with van der Waals surface area (Å²) in [4.78, 5) is 12.5. The molecule has 1 N–H and O–H groups in total. The van der Waals surface area contributed by atoms with Crippen LogP contribution in [0.2, 0.25) is 20.1 Å². The molecule has 1 aromatic heterocycles. The van der Waals surface area contributed by atoms with E-state index in [0.29, 0.717) is 36.8 Å². The number of hydrogen-bond donors (Lipinski definition) is 1. The molecule has 5 nitrogen and oxygen atoms in total. The number of carbonyl (C=O) groups is 1. The summed E-state index contributed by atoms with van der Waals surface area (Å²) < 4.78 is 1.84. The van der Waals surface area contributed by atoms with Crippen molar-refractivity contribution in [3.63, 3.8) is 0 Å². The number of nitrogens with one attached hydrogen (secondary N) is 1. The van der Waals surface area contributed by atoms with Crippen LogP contribution in [0.3, 0.4) is 0 Å². The first-order valence-electron chi connectivity index (χ1n) is 9.26. The van der Waals surface area contributed by atoms with Gasteiger partial charge in [-0.15, -0.1) is 10.2 Å². The molecule has 0 bridgehead atoms. The van der Waals surface area contributed by atoms with Crippen LogP contribution in [0.1, 0.15) is 0 Å². The molecule has 0 fully saturated rings. The van der Waals surface area contributed by atoms with Crippen molar-refractivity contribution in [1.82, 2.24) is 14.8 Å². The van der Waals surface area contributed by atoms with Crippen molar-refractivity contribution in [3.8, 4) is 17.1 Å². The van der Waals surface area contributed by atoms with Crippen molar-refractivity contribution < 1.29 is 4.79 Å². The molecule has 0 radical (unpaired) electrons. The minimum Gasteiger partial charge on any atom is -0.325 e. The van der Waals surface area contributed by atoms with E-state index in [1.165, 1.54) is 11.8 Å². The number of rotatable bonds is 6. The standard InChI is InChI=1S/C22H14Cl4N4OS/c23-13-5-7-17(8-6-13)30-21(18-3-1-2-4-19(18)26)28-29-22(30)32-12-20(31)27-16-10-14(24)9-15(25)11-16/h1-11H,12H2,(H,27,31). The smallest absolute Gasteiger partial charge is 0.234 e. The quantitative estimate of drug-likeness (QED) is 0.270. The third kappa shape index (κ3) is 5.39. The molecule has 0 aliphatic carbocycles. The molecule has 0 saturated carbocycles. The van der Waals surface area contributed by atoms with Crippen LogP contribution in [-0.2, 0) is 4.79 Å². The molecular formula is C22H14Cl4N4OS. The highest BCUT2D eigenvalue weighted by molar-refractivity contribution is 7.99. The number of aromatic nitrogens is 3. The number of thioether (sulfide) groups is 1. The molecule has 0 atom stereocenters. The zero-order valence-corrected chi connectivity index (χ0v) is 20.1. The molecule has 3 aromatic carbocycles. The van der Waals surface area contributed by atoms with E-state index in [2.05, 4.69) is 15.5 Å². The van der Waals surface area contributed by atoms with E-state index in [0.717, 1.165) is 11.3 Å². The van der Waals surface area contributed by atoms with Gasteiger partial charge in [-0.25, -0.2) is 0 Å². The van der Waals surface area contributed by atoms with Crippen molar-refractivity contribution in [3.05, 3.63) is 86.8 Å². The lowest BCUT2D eigenvalue weighted by atomic mass is 10.2. The second kappa shape index (κ2) is 10.1. The number of amides is 1. The van der Waals surface area contributed by atoms with Gasteiger partial charge in [-0.1, -0.05) is 70.3 Å².